The van der Waals surface area contributed by atoms with Gasteiger partial charge in [0, 0.05) is 0 Å². The molecule has 1 fully saturated rings. The number of ether oxygens (including phenoxy) is 1. The first kappa shape index (κ1) is 13.6. The molecular formula is C16H24O2. The van der Waals surface area contributed by atoms with Crippen molar-refractivity contribution in [3.8, 4) is 0 Å². The van der Waals surface area contributed by atoms with Gasteiger partial charge < -0.3 is 9.84 Å². The van der Waals surface area contributed by atoms with Gasteiger partial charge in [0.05, 0.1) is 12.2 Å². The molecule has 1 aromatic carbocycles. The summed E-state index contributed by atoms with van der Waals surface area (Å²) in [5, 5.41) is 10.6. The van der Waals surface area contributed by atoms with E-state index in [1.165, 1.54) is 22.3 Å². The van der Waals surface area contributed by atoms with Crippen molar-refractivity contribution in [2.24, 2.45) is 0 Å². The lowest BCUT2D eigenvalue weighted by atomic mass is 9.88. The number of aliphatic hydroxyl groups is 1. The van der Waals surface area contributed by atoms with Gasteiger partial charge in [-0.3, -0.25) is 0 Å². The first-order valence-corrected chi connectivity index (χ1v) is 6.82. The van der Waals surface area contributed by atoms with Crippen molar-refractivity contribution in [2.45, 2.75) is 65.8 Å². The summed E-state index contributed by atoms with van der Waals surface area (Å²) in [6.45, 7) is 10.5. The molecule has 0 radical (unpaired) electrons. The predicted octanol–water partition coefficient (Wildman–Crippen LogP) is 3.52. The molecule has 0 amide bonds. The first-order chi connectivity index (χ1) is 8.41. The van der Waals surface area contributed by atoms with E-state index in [0.29, 0.717) is 0 Å². The summed E-state index contributed by atoms with van der Waals surface area (Å²) in [6.07, 6.45) is 1.74. The molecule has 1 N–H and O–H groups in total. The van der Waals surface area contributed by atoms with Gasteiger partial charge in [-0.05, 0) is 75.3 Å². The molecule has 2 heteroatoms. The molecule has 1 aromatic rings. The van der Waals surface area contributed by atoms with E-state index in [0.717, 1.165) is 18.4 Å². The van der Waals surface area contributed by atoms with Crippen LogP contribution in [0.3, 0.4) is 0 Å². The fourth-order valence-electron chi connectivity index (χ4n) is 2.94. The molecule has 1 aliphatic heterocycles. The second-order valence-electron chi connectivity index (χ2n) is 5.68. The molecule has 3 atom stereocenters. The van der Waals surface area contributed by atoms with Crippen molar-refractivity contribution in [1.29, 1.82) is 0 Å². The van der Waals surface area contributed by atoms with Gasteiger partial charge in [-0.1, -0.05) is 6.07 Å². The standard InChI is InChI=1S/C16H24O2/c1-9-8-10(2)13(5)15(12(9)4)16(17)14-7-6-11(3)18-14/h8,11,14,16-17H,6-7H2,1-5H3. The minimum Gasteiger partial charge on any atom is -0.386 e. The summed E-state index contributed by atoms with van der Waals surface area (Å²) in [4.78, 5) is 0. The molecular weight excluding hydrogens is 224 g/mol. The van der Waals surface area contributed by atoms with Crippen molar-refractivity contribution in [3.63, 3.8) is 0 Å². The largest absolute Gasteiger partial charge is 0.386 e. The predicted molar refractivity (Wildman–Crippen MR) is 73.9 cm³/mol. The molecule has 18 heavy (non-hydrogen) atoms. The second-order valence-corrected chi connectivity index (χ2v) is 5.68. The van der Waals surface area contributed by atoms with Crippen molar-refractivity contribution in [3.05, 3.63) is 33.9 Å². The Morgan fingerprint density at radius 1 is 1.11 bits per heavy atom. The van der Waals surface area contributed by atoms with E-state index >= 15 is 0 Å². The van der Waals surface area contributed by atoms with Crippen LogP contribution in [0.4, 0.5) is 0 Å². The molecule has 0 aliphatic carbocycles. The normalized spacial score (nSPS) is 25.4. The van der Waals surface area contributed by atoms with Gasteiger partial charge in [-0.25, -0.2) is 0 Å². The third-order valence-electron chi connectivity index (χ3n) is 4.34. The molecule has 1 saturated heterocycles. The maximum absolute atomic E-state index is 10.6. The Balaban J connectivity index is 2.38. The Bertz CT molecular complexity index is 425. The molecule has 0 spiro atoms. The highest BCUT2D eigenvalue weighted by atomic mass is 16.5. The lowest BCUT2D eigenvalue weighted by Crippen LogP contribution is -2.21. The molecule has 0 aromatic heterocycles. The van der Waals surface area contributed by atoms with Crippen LogP contribution in [0.25, 0.3) is 0 Å². The average Bonchev–Trinajstić information content (AvgIpc) is 2.73. The van der Waals surface area contributed by atoms with Crippen molar-refractivity contribution >= 4 is 0 Å². The van der Waals surface area contributed by atoms with E-state index in [2.05, 4.69) is 40.7 Å². The Morgan fingerprint density at radius 2 is 1.67 bits per heavy atom. The summed E-state index contributed by atoms with van der Waals surface area (Å²) in [5.74, 6) is 0. The van der Waals surface area contributed by atoms with Crippen molar-refractivity contribution in [1.82, 2.24) is 0 Å². The average molecular weight is 248 g/mol. The molecule has 3 unspecified atom stereocenters. The van der Waals surface area contributed by atoms with Gasteiger partial charge in [-0.2, -0.15) is 0 Å². The number of benzene rings is 1. The van der Waals surface area contributed by atoms with Gasteiger partial charge in [0.1, 0.15) is 6.10 Å². The van der Waals surface area contributed by atoms with Gasteiger partial charge in [0.2, 0.25) is 0 Å². The third-order valence-corrected chi connectivity index (χ3v) is 4.34. The maximum Gasteiger partial charge on any atom is 0.106 e. The van der Waals surface area contributed by atoms with Crippen LogP contribution in [0.5, 0.6) is 0 Å². The van der Waals surface area contributed by atoms with Crippen molar-refractivity contribution in [2.75, 3.05) is 0 Å². The Labute approximate surface area is 110 Å². The quantitative estimate of drug-likeness (QED) is 0.867. The second kappa shape index (κ2) is 5.02. The lowest BCUT2D eigenvalue weighted by Gasteiger charge is -2.24. The van der Waals surface area contributed by atoms with Crippen LogP contribution in [0.2, 0.25) is 0 Å². The highest BCUT2D eigenvalue weighted by Crippen LogP contribution is 2.35. The third kappa shape index (κ3) is 2.32. The topological polar surface area (TPSA) is 29.5 Å². The van der Waals surface area contributed by atoms with Crippen LogP contribution < -0.4 is 0 Å². The molecule has 100 valence electrons. The number of hydrogen-bond acceptors (Lipinski definition) is 2. The molecule has 2 nitrogen and oxygen atoms in total. The maximum atomic E-state index is 10.6. The molecule has 2 rings (SSSR count). The van der Waals surface area contributed by atoms with Crippen LogP contribution in [-0.2, 0) is 4.74 Å². The number of aryl methyl sites for hydroxylation is 2. The number of aliphatic hydroxyl groups excluding tert-OH is 1. The van der Waals surface area contributed by atoms with Crippen LogP contribution in [0.15, 0.2) is 6.07 Å². The summed E-state index contributed by atoms with van der Waals surface area (Å²) >= 11 is 0. The highest BCUT2D eigenvalue weighted by Gasteiger charge is 2.31. The summed E-state index contributed by atoms with van der Waals surface area (Å²) in [7, 11) is 0. The molecule has 1 heterocycles. The Hall–Kier alpha value is -0.860. The van der Waals surface area contributed by atoms with E-state index in [-0.39, 0.29) is 12.2 Å². The fourth-order valence-corrected chi connectivity index (χ4v) is 2.94. The minimum atomic E-state index is -0.492. The number of hydrogen-bond donors (Lipinski definition) is 1. The SMILES string of the molecule is Cc1cc(C)c(C)c(C(O)C2CCC(C)O2)c1C. The Kier molecular flexibility index (Phi) is 3.79. The van der Waals surface area contributed by atoms with Crippen LogP contribution in [-0.4, -0.2) is 17.3 Å². The zero-order valence-electron chi connectivity index (χ0n) is 12.1. The molecule has 1 aliphatic rings. The summed E-state index contributed by atoms with van der Waals surface area (Å²) < 4.78 is 5.82. The van der Waals surface area contributed by atoms with Gasteiger partial charge in [-0.15, -0.1) is 0 Å². The van der Waals surface area contributed by atoms with Crippen LogP contribution in [0, 0.1) is 27.7 Å². The van der Waals surface area contributed by atoms with E-state index in [1.807, 2.05) is 0 Å². The van der Waals surface area contributed by atoms with Gasteiger partial charge in [0.25, 0.3) is 0 Å². The first-order valence-electron chi connectivity index (χ1n) is 6.82. The van der Waals surface area contributed by atoms with Crippen LogP contribution >= 0.6 is 0 Å². The van der Waals surface area contributed by atoms with Crippen LogP contribution in [0.1, 0.15) is 53.7 Å². The van der Waals surface area contributed by atoms with E-state index < -0.39 is 6.10 Å². The van der Waals surface area contributed by atoms with Gasteiger partial charge in [0.15, 0.2) is 0 Å². The zero-order chi connectivity index (χ0) is 13.4. The van der Waals surface area contributed by atoms with Gasteiger partial charge >= 0.3 is 0 Å². The van der Waals surface area contributed by atoms with Crippen molar-refractivity contribution < 1.29 is 9.84 Å². The Morgan fingerprint density at radius 3 is 2.11 bits per heavy atom. The smallest absolute Gasteiger partial charge is 0.106 e. The summed E-state index contributed by atoms with van der Waals surface area (Å²) in [5.41, 5.74) is 5.98. The lowest BCUT2D eigenvalue weighted by molar-refractivity contribution is -0.0302. The van der Waals surface area contributed by atoms with E-state index in [9.17, 15) is 5.11 Å². The molecule has 0 bridgehead atoms. The zero-order valence-corrected chi connectivity index (χ0v) is 12.1. The molecule has 0 saturated carbocycles. The monoisotopic (exact) mass is 248 g/mol. The highest BCUT2D eigenvalue weighted by molar-refractivity contribution is 5.45. The minimum absolute atomic E-state index is 0.0430. The van der Waals surface area contributed by atoms with E-state index in [1.54, 1.807) is 0 Å². The summed E-state index contributed by atoms with van der Waals surface area (Å²) in [6, 6.07) is 2.19. The fraction of sp³-hybridized carbons (Fsp3) is 0.625. The van der Waals surface area contributed by atoms with E-state index in [4.69, 9.17) is 4.74 Å². The number of rotatable bonds is 2.